The van der Waals surface area contributed by atoms with Gasteiger partial charge in [0.15, 0.2) is 0 Å². The lowest BCUT2D eigenvalue weighted by molar-refractivity contribution is 0.708. The third kappa shape index (κ3) is 2.33. The van der Waals surface area contributed by atoms with Crippen molar-refractivity contribution in [1.82, 2.24) is 9.78 Å². The summed E-state index contributed by atoms with van der Waals surface area (Å²) < 4.78 is 2.97. The standard InChI is InChI=1S/C12H14BrN3/c1-16-11(6-7-14)8-12(15-16)9-2-4-10(13)5-3-9/h2-5,8H,6-7,14H2,1H3. The second kappa shape index (κ2) is 4.80. The van der Waals surface area contributed by atoms with Gasteiger partial charge in [-0.05, 0) is 24.7 Å². The molecular weight excluding hydrogens is 266 g/mol. The minimum absolute atomic E-state index is 0.652. The van der Waals surface area contributed by atoms with Crippen molar-refractivity contribution in [1.29, 1.82) is 0 Å². The molecule has 16 heavy (non-hydrogen) atoms. The van der Waals surface area contributed by atoms with E-state index in [1.165, 1.54) is 5.69 Å². The Balaban J connectivity index is 2.33. The topological polar surface area (TPSA) is 43.8 Å². The maximum atomic E-state index is 5.55. The van der Waals surface area contributed by atoms with Gasteiger partial charge in [0.25, 0.3) is 0 Å². The maximum absolute atomic E-state index is 5.55. The van der Waals surface area contributed by atoms with E-state index in [1.54, 1.807) is 0 Å². The van der Waals surface area contributed by atoms with Crippen molar-refractivity contribution in [2.24, 2.45) is 12.8 Å². The SMILES string of the molecule is Cn1nc(-c2ccc(Br)cc2)cc1CCN. The van der Waals surface area contributed by atoms with Crippen LogP contribution in [0.15, 0.2) is 34.8 Å². The van der Waals surface area contributed by atoms with E-state index in [9.17, 15) is 0 Å². The number of halogens is 1. The van der Waals surface area contributed by atoms with Crippen LogP contribution in [-0.2, 0) is 13.5 Å². The average Bonchev–Trinajstić information content (AvgIpc) is 2.62. The molecule has 2 aromatic rings. The summed E-state index contributed by atoms with van der Waals surface area (Å²) in [6, 6.07) is 10.2. The Hall–Kier alpha value is -1.13. The number of nitrogens with zero attached hydrogens (tertiary/aromatic N) is 2. The molecule has 3 nitrogen and oxygen atoms in total. The van der Waals surface area contributed by atoms with Gasteiger partial charge in [0, 0.05) is 29.2 Å². The Morgan fingerprint density at radius 3 is 2.62 bits per heavy atom. The van der Waals surface area contributed by atoms with Gasteiger partial charge in [0.05, 0.1) is 5.69 Å². The molecule has 2 rings (SSSR count). The van der Waals surface area contributed by atoms with Crippen LogP contribution in [0, 0.1) is 0 Å². The molecule has 0 unspecified atom stereocenters. The van der Waals surface area contributed by atoms with Gasteiger partial charge in [-0.2, -0.15) is 5.10 Å². The highest BCUT2D eigenvalue weighted by Gasteiger charge is 2.06. The molecule has 0 saturated carbocycles. The molecule has 0 aliphatic heterocycles. The first-order valence-electron chi connectivity index (χ1n) is 5.19. The molecule has 0 radical (unpaired) electrons. The molecule has 0 atom stereocenters. The van der Waals surface area contributed by atoms with Gasteiger partial charge in [-0.15, -0.1) is 0 Å². The van der Waals surface area contributed by atoms with E-state index in [0.717, 1.165) is 22.2 Å². The maximum Gasteiger partial charge on any atom is 0.0925 e. The first kappa shape index (κ1) is 11.4. The van der Waals surface area contributed by atoms with Crippen LogP contribution in [0.25, 0.3) is 11.3 Å². The van der Waals surface area contributed by atoms with Crippen molar-refractivity contribution in [2.75, 3.05) is 6.54 Å². The summed E-state index contributed by atoms with van der Waals surface area (Å²) in [5.41, 5.74) is 8.84. The highest BCUT2D eigenvalue weighted by atomic mass is 79.9. The Kier molecular flexibility index (Phi) is 3.41. The number of benzene rings is 1. The molecular formula is C12H14BrN3. The van der Waals surface area contributed by atoms with E-state index in [-0.39, 0.29) is 0 Å². The van der Waals surface area contributed by atoms with Gasteiger partial charge in [-0.25, -0.2) is 0 Å². The fourth-order valence-corrected chi connectivity index (χ4v) is 1.91. The largest absolute Gasteiger partial charge is 0.330 e. The Labute approximate surface area is 103 Å². The number of aryl methyl sites for hydroxylation is 1. The number of rotatable bonds is 3. The zero-order chi connectivity index (χ0) is 11.5. The fourth-order valence-electron chi connectivity index (χ4n) is 1.65. The fraction of sp³-hybridized carbons (Fsp3) is 0.250. The summed E-state index contributed by atoms with van der Waals surface area (Å²) in [5.74, 6) is 0. The zero-order valence-electron chi connectivity index (χ0n) is 9.15. The number of hydrogen-bond donors (Lipinski definition) is 1. The van der Waals surface area contributed by atoms with Crippen LogP contribution < -0.4 is 5.73 Å². The molecule has 1 heterocycles. The quantitative estimate of drug-likeness (QED) is 0.938. The molecule has 0 saturated heterocycles. The zero-order valence-corrected chi connectivity index (χ0v) is 10.7. The highest BCUT2D eigenvalue weighted by Crippen LogP contribution is 2.21. The van der Waals surface area contributed by atoms with Crippen molar-refractivity contribution >= 4 is 15.9 Å². The molecule has 0 aliphatic carbocycles. The second-order valence-corrected chi connectivity index (χ2v) is 4.61. The van der Waals surface area contributed by atoms with E-state index in [4.69, 9.17) is 5.73 Å². The van der Waals surface area contributed by atoms with Crippen LogP contribution in [0.4, 0.5) is 0 Å². The van der Waals surface area contributed by atoms with Crippen molar-refractivity contribution in [3.63, 3.8) is 0 Å². The molecule has 1 aromatic heterocycles. The van der Waals surface area contributed by atoms with E-state index in [1.807, 2.05) is 23.9 Å². The predicted octanol–water partition coefficient (Wildman–Crippen LogP) is 2.35. The van der Waals surface area contributed by atoms with Crippen LogP contribution in [0.2, 0.25) is 0 Å². The molecule has 84 valence electrons. The number of hydrogen-bond acceptors (Lipinski definition) is 2. The lowest BCUT2D eigenvalue weighted by Crippen LogP contribution is -2.06. The molecule has 0 spiro atoms. The van der Waals surface area contributed by atoms with Crippen LogP contribution in [0.3, 0.4) is 0 Å². The molecule has 4 heteroatoms. The van der Waals surface area contributed by atoms with Gasteiger partial charge in [0.2, 0.25) is 0 Å². The monoisotopic (exact) mass is 279 g/mol. The summed E-state index contributed by atoms with van der Waals surface area (Å²) in [5, 5.41) is 4.47. The first-order chi connectivity index (χ1) is 7.70. The summed E-state index contributed by atoms with van der Waals surface area (Å²) >= 11 is 3.42. The van der Waals surface area contributed by atoms with Crippen molar-refractivity contribution in [2.45, 2.75) is 6.42 Å². The van der Waals surface area contributed by atoms with Crippen molar-refractivity contribution in [3.05, 3.63) is 40.5 Å². The molecule has 2 N–H and O–H groups in total. The third-order valence-corrected chi connectivity index (χ3v) is 3.05. The summed E-state index contributed by atoms with van der Waals surface area (Å²) in [6.07, 6.45) is 0.861. The van der Waals surface area contributed by atoms with Crippen LogP contribution >= 0.6 is 15.9 Å². The third-order valence-electron chi connectivity index (χ3n) is 2.52. The van der Waals surface area contributed by atoms with Gasteiger partial charge >= 0.3 is 0 Å². The lowest BCUT2D eigenvalue weighted by Gasteiger charge is -1.96. The first-order valence-corrected chi connectivity index (χ1v) is 5.99. The van der Waals surface area contributed by atoms with Crippen LogP contribution in [0.5, 0.6) is 0 Å². The minimum atomic E-state index is 0.652. The molecule has 0 amide bonds. The van der Waals surface area contributed by atoms with Crippen LogP contribution in [0.1, 0.15) is 5.69 Å². The Morgan fingerprint density at radius 2 is 2.00 bits per heavy atom. The predicted molar refractivity (Wildman–Crippen MR) is 69.1 cm³/mol. The van der Waals surface area contributed by atoms with Gasteiger partial charge in [-0.3, -0.25) is 4.68 Å². The van der Waals surface area contributed by atoms with Crippen molar-refractivity contribution < 1.29 is 0 Å². The van der Waals surface area contributed by atoms with Crippen molar-refractivity contribution in [3.8, 4) is 11.3 Å². The lowest BCUT2D eigenvalue weighted by atomic mass is 10.1. The van der Waals surface area contributed by atoms with Crippen LogP contribution in [-0.4, -0.2) is 16.3 Å². The number of nitrogens with two attached hydrogens (primary N) is 1. The van der Waals surface area contributed by atoms with E-state index in [0.29, 0.717) is 6.54 Å². The number of aromatic nitrogens is 2. The summed E-state index contributed by atoms with van der Waals surface area (Å²) in [7, 11) is 1.95. The smallest absolute Gasteiger partial charge is 0.0925 e. The summed E-state index contributed by atoms with van der Waals surface area (Å²) in [6.45, 7) is 0.652. The van der Waals surface area contributed by atoms with Gasteiger partial charge in [-0.1, -0.05) is 28.1 Å². The van der Waals surface area contributed by atoms with Gasteiger partial charge < -0.3 is 5.73 Å². The molecule has 0 bridgehead atoms. The Bertz CT molecular complexity index is 474. The highest BCUT2D eigenvalue weighted by molar-refractivity contribution is 9.10. The van der Waals surface area contributed by atoms with E-state index < -0.39 is 0 Å². The normalized spacial score (nSPS) is 10.7. The molecule has 0 aliphatic rings. The van der Waals surface area contributed by atoms with E-state index in [2.05, 4.69) is 39.2 Å². The van der Waals surface area contributed by atoms with E-state index >= 15 is 0 Å². The molecule has 1 aromatic carbocycles. The molecule has 0 fully saturated rings. The minimum Gasteiger partial charge on any atom is -0.330 e. The summed E-state index contributed by atoms with van der Waals surface area (Å²) in [4.78, 5) is 0. The Morgan fingerprint density at radius 1 is 1.31 bits per heavy atom. The van der Waals surface area contributed by atoms with Gasteiger partial charge in [0.1, 0.15) is 0 Å². The average molecular weight is 280 g/mol. The second-order valence-electron chi connectivity index (χ2n) is 3.69.